The average Bonchev–Trinajstić information content (AvgIpc) is 2.58. The van der Waals surface area contributed by atoms with Crippen LogP contribution in [0.1, 0.15) is 66.4 Å². The van der Waals surface area contributed by atoms with Crippen LogP contribution in [0.4, 0.5) is 0 Å². The summed E-state index contributed by atoms with van der Waals surface area (Å²) < 4.78 is 11.2. The minimum atomic E-state index is -0.658. The van der Waals surface area contributed by atoms with Crippen molar-refractivity contribution >= 4 is 16.9 Å². The number of fused-ring (bicyclic) bond motifs is 1. The van der Waals surface area contributed by atoms with E-state index in [0.717, 1.165) is 36.6 Å². The highest BCUT2D eigenvalue weighted by molar-refractivity contribution is 5.83. The Balaban J connectivity index is 1.70. The van der Waals surface area contributed by atoms with Crippen LogP contribution in [-0.2, 0) is 11.2 Å². The van der Waals surface area contributed by atoms with Gasteiger partial charge in [-0.15, -0.1) is 0 Å². The van der Waals surface area contributed by atoms with E-state index in [-0.39, 0.29) is 28.7 Å². The van der Waals surface area contributed by atoms with Crippen molar-refractivity contribution in [3.05, 3.63) is 40.2 Å². The number of carbonyl (C=O) groups excluding carboxylic acids is 1. The van der Waals surface area contributed by atoms with Crippen molar-refractivity contribution in [3.8, 4) is 5.75 Å². The Morgan fingerprint density at radius 3 is 2.53 bits per heavy atom. The zero-order valence-corrected chi connectivity index (χ0v) is 18.9. The van der Waals surface area contributed by atoms with Crippen LogP contribution < -0.4 is 21.0 Å². The monoisotopic (exact) mass is 414 g/mol. The molecule has 1 fully saturated rings. The van der Waals surface area contributed by atoms with E-state index in [2.05, 4.69) is 45.3 Å². The van der Waals surface area contributed by atoms with Gasteiger partial charge in [-0.25, -0.2) is 4.79 Å². The largest absolute Gasteiger partial charge is 0.481 e. The third-order valence-corrected chi connectivity index (χ3v) is 5.54. The molecular formula is C24H34N2O4. The summed E-state index contributed by atoms with van der Waals surface area (Å²) in [6.45, 7) is 12.4. The fourth-order valence-corrected chi connectivity index (χ4v) is 4.76. The molecule has 3 rings (SSSR count). The van der Waals surface area contributed by atoms with Crippen LogP contribution in [0.25, 0.3) is 11.0 Å². The normalized spacial score (nSPS) is 19.4. The Hall–Kier alpha value is -2.34. The Morgan fingerprint density at radius 2 is 1.90 bits per heavy atom. The maximum atomic E-state index is 12.8. The molecule has 2 N–H and O–H groups in total. The maximum Gasteiger partial charge on any atom is 0.336 e. The number of aryl methyl sites for hydroxylation is 1. The summed E-state index contributed by atoms with van der Waals surface area (Å²) in [6, 6.07) is 7.03. The molecule has 0 saturated carbocycles. The second-order valence-corrected chi connectivity index (χ2v) is 9.77. The Kier molecular flexibility index (Phi) is 6.27. The standard InChI is InChI=1S/C24H34N2O4/c1-7-8-16-11-21(27)30-20-12-18(9-10-19(16)20)29-15(2)22(28)25-17-13-23(3,4)26-24(5,6)14-17/h9-12,15,17,26H,7-8,13-14H2,1-6H3,(H,25,28)/t15-/m1/s1. The molecule has 6 heteroatoms. The molecule has 1 amide bonds. The van der Waals surface area contributed by atoms with E-state index < -0.39 is 6.10 Å². The highest BCUT2D eigenvalue weighted by Crippen LogP contribution is 2.29. The van der Waals surface area contributed by atoms with Gasteiger partial charge in [0.2, 0.25) is 0 Å². The van der Waals surface area contributed by atoms with E-state index in [1.807, 2.05) is 12.1 Å². The van der Waals surface area contributed by atoms with Crippen LogP contribution in [0.3, 0.4) is 0 Å². The van der Waals surface area contributed by atoms with E-state index in [9.17, 15) is 9.59 Å². The molecule has 0 bridgehead atoms. The lowest BCUT2D eigenvalue weighted by Crippen LogP contribution is -2.62. The summed E-state index contributed by atoms with van der Waals surface area (Å²) in [5, 5.41) is 7.67. The van der Waals surface area contributed by atoms with Crippen molar-refractivity contribution in [2.24, 2.45) is 0 Å². The highest BCUT2D eigenvalue weighted by atomic mass is 16.5. The number of ether oxygens (including phenoxy) is 1. The first-order chi connectivity index (χ1) is 14.0. The van der Waals surface area contributed by atoms with Crippen LogP contribution in [-0.4, -0.2) is 29.1 Å². The first kappa shape index (κ1) is 22.3. The van der Waals surface area contributed by atoms with E-state index in [1.54, 1.807) is 19.1 Å². The molecule has 164 valence electrons. The molecule has 0 radical (unpaired) electrons. The van der Waals surface area contributed by atoms with Gasteiger partial charge in [0.15, 0.2) is 6.10 Å². The second kappa shape index (κ2) is 8.42. The summed E-state index contributed by atoms with van der Waals surface area (Å²) in [5.74, 6) is 0.364. The number of piperidine rings is 1. The van der Waals surface area contributed by atoms with Crippen LogP contribution in [0.2, 0.25) is 0 Å². The van der Waals surface area contributed by atoms with E-state index in [1.165, 1.54) is 0 Å². The van der Waals surface area contributed by atoms with Gasteiger partial charge in [-0.1, -0.05) is 13.3 Å². The van der Waals surface area contributed by atoms with Gasteiger partial charge in [0, 0.05) is 34.6 Å². The smallest absolute Gasteiger partial charge is 0.336 e. The van der Waals surface area contributed by atoms with E-state index >= 15 is 0 Å². The Labute approximate surface area is 178 Å². The van der Waals surface area contributed by atoms with Crippen LogP contribution in [0.15, 0.2) is 33.5 Å². The summed E-state index contributed by atoms with van der Waals surface area (Å²) in [6.07, 6.45) is 2.81. The van der Waals surface area contributed by atoms with Gasteiger partial charge in [-0.2, -0.15) is 0 Å². The maximum absolute atomic E-state index is 12.8. The Morgan fingerprint density at radius 1 is 1.23 bits per heavy atom. The molecule has 1 aliphatic rings. The molecule has 1 aliphatic heterocycles. The number of carbonyl (C=O) groups is 1. The van der Waals surface area contributed by atoms with Gasteiger partial charge in [0.25, 0.3) is 5.91 Å². The van der Waals surface area contributed by atoms with E-state index in [4.69, 9.17) is 9.15 Å². The number of rotatable bonds is 6. The van der Waals surface area contributed by atoms with Gasteiger partial charge in [-0.05, 0) is 71.6 Å². The first-order valence-corrected chi connectivity index (χ1v) is 10.8. The van der Waals surface area contributed by atoms with Crippen molar-refractivity contribution in [3.63, 3.8) is 0 Å². The zero-order chi connectivity index (χ0) is 22.1. The molecule has 1 atom stereocenters. The topological polar surface area (TPSA) is 80.6 Å². The molecule has 1 saturated heterocycles. The summed E-state index contributed by atoms with van der Waals surface area (Å²) in [4.78, 5) is 24.6. The minimum absolute atomic E-state index is 0.0458. The van der Waals surface area contributed by atoms with Crippen LogP contribution >= 0.6 is 0 Å². The molecule has 2 aromatic rings. The lowest BCUT2D eigenvalue weighted by Gasteiger charge is -2.46. The van der Waals surface area contributed by atoms with Crippen molar-refractivity contribution in [2.75, 3.05) is 0 Å². The highest BCUT2D eigenvalue weighted by Gasteiger charge is 2.38. The van der Waals surface area contributed by atoms with Crippen LogP contribution in [0.5, 0.6) is 5.75 Å². The molecule has 0 aliphatic carbocycles. The van der Waals surface area contributed by atoms with Gasteiger partial charge in [0.05, 0.1) is 0 Å². The van der Waals surface area contributed by atoms with Gasteiger partial charge in [-0.3, -0.25) is 4.79 Å². The van der Waals surface area contributed by atoms with Crippen molar-refractivity contribution in [1.82, 2.24) is 10.6 Å². The predicted octanol–water partition coefficient (Wildman–Crippen LogP) is 3.94. The summed E-state index contributed by atoms with van der Waals surface area (Å²) >= 11 is 0. The minimum Gasteiger partial charge on any atom is -0.481 e. The third kappa shape index (κ3) is 5.42. The third-order valence-electron chi connectivity index (χ3n) is 5.54. The predicted molar refractivity (Wildman–Crippen MR) is 119 cm³/mol. The molecule has 0 spiro atoms. The fourth-order valence-electron chi connectivity index (χ4n) is 4.76. The molecule has 2 heterocycles. The van der Waals surface area contributed by atoms with E-state index in [0.29, 0.717) is 11.3 Å². The lowest BCUT2D eigenvalue weighted by molar-refractivity contribution is -0.128. The number of nitrogens with one attached hydrogen (secondary N) is 2. The quantitative estimate of drug-likeness (QED) is 0.700. The molecule has 0 unspecified atom stereocenters. The van der Waals surface area contributed by atoms with Gasteiger partial charge in [0.1, 0.15) is 11.3 Å². The van der Waals surface area contributed by atoms with Crippen molar-refractivity contribution < 1.29 is 13.9 Å². The van der Waals surface area contributed by atoms with Gasteiger partial charge >= 0.3 is 5.63 Å². The van der Waals surface area contributed by atoms with Crippen molar-refractivity contribution in [2.45, 2.75) is 90.4 Å². The number of benzene rings is 1. The van der Waals surface area contributed by atoms with Crippen LogP contribution in [0, 0.1) is 0 Å². The summed E-state index contributed by atoms with van der Waals surface area (Å²) in [5.41, 5.74) is 0.992. The lowest BCUT2D eigenvalue weighted by atomic mass is 9.79. The summed E-state index contributed by atoms with van der Waals surface area (Å²) in [7, 11) is 0. The first-order valence-electron chi connectivity index (χ1n) is 10.8. The molecular weight excluding hydrogens is 380 g/mol. The second-order valence-electron chi connectivity index (χ2n) is 9.77. The number of amides is 1. The molecule has 1 aromatic carbocycles. The Bertz CT molecular complexity index is 961. The average molecular weight is 415 g/mol. The van der Waals surface area contributed by atoms with Gasteiger partial charge < -0.3 is 19.8 Å². The zero-order valence-electron chi connectivity index (χ0n) is 18.9. The molecule has 6 nitrogen and oxygen atoms in total. The van der Waals surface area contributed by atoms with Crippen molar-refractivity contribution in [1.29, 1.82) is 0 Å². The fraction of sp³-hybridized carbons (Fsp3) is 0.583. The SMILES string of the molecule is CCCc1cc(=O)oc2cc(O[C@H](C)C(=O)NC3CC(C)(C)NC(C)(C)C3)ccc12. The molecule has 1 aromatic heterocycles. The number of hydrogen-bond donors (Lipinski definition) is 2. The number of hydrogen-bond acceptors (Lipinski definition) is 5. The molecule has 30 heavy (non-hydrogen) atoms.